The lowest BCUT2D eigenvalue weighted by atomic mass is 10.1. The van der Waals surface area contributed by atoms with Gasteiger partial charge in [0.05, 0.1) is 13.2 Å². The zero-order valence-corrected chi connectivity index (χ0v) is 13.5. The number of carbonyl (C=O) groups excluding carboxylic acids is 2. The minimum absolute atomic E-state index is 0.0477. The molecule has 1 saturated heterocycles. The van der Waals surface area contributed by atoms with Crippen LogP contribution in [-0.4, -0.2) is 62.7 Å². The number of ether oxygens (including phenoxy) is 1. The molecule has 0 spiro atoms. The van der Waals surface area contributed by atoms with Crippen molar-refractivity contribution in [3.8, 4) is 0 Å². The van der Waals surface area contributed by atoms with E-state index < -0.39 is 0 Å². The van der Waals surface area contributed by atoms with Crippen molar-refractivity contribution < 1.29 is 14.3 Å². The maximum Gasteiger partial charge on any atom is 0.251 e. The van der Waals surface area contributed by atoms with E-state index in [0.29, 0.717) is 18.7 Å². The van der Waals surface area contributed by atoms with Crippen LogP contribution in [0.3, 0.4) is 0 Å². The highest BCUT2D eigenvalue weighted by molar-refractivity contribution is 5.97. The number of nitrogens with one attached hydrogen (secondary N) is 1. The molecule has 0 unspecified atom stereocenters. The molecule has 1 aromatic carbocycles. The molecule has 0 radical (unpaired) electrons. The molecule has 1 aromatic rings. The van der Waals surface area contributed by atoms with Crippen LogP contribution < -0.4 is 10.2 Å². The van der Waals surface area contributed by atoms with E-state index in [1.54, 1.807) is 17.9 Å². The highest BCUT2D eigenvalue weighted by Gasteiger charge is 2.23. The number of rotatable bonds is 4. The molecule has 23 heavy (non-hydrogen) atoms. The molecule has 6 nitrogen and oxygen atoms in total. The average Bonchev–Trinajstić information content (AvgIpc) is 2.99. The van der Waals surface area contributed by atoms with Gasteiger partial charge >= 0.3 is 0 Å². The Morgan fingerprint density at radius 1 is 1.22 bits per heavy atom. The summed E-state index contributed by atoms with van der Waals surface area (Å²) < 4.78 is 5.31. The summed E-state index contributed by atoms with van der Waals surface area (Å²) in [5, 5.41) is 2.97. The molecule has 0 atom stereocenters. The highest BCUT2D eigenvalue weighted by atomic mass is 16.5. The fourth-order valence-corrected chi connectivity index (χ4v) is 3.12. The first kappa shape index (κ1) is 16.0. The summed E-state index contributed by atoms with van der Waals surface area (Å²) in [5.41, 5.74) is 2.67. The van der Waals surface area contributed by atoms with Crippen molar-refractivity contribution in [3.63, 3.8) is 0 Å². The second-order valence-electron chi connectivity index (χ2n) is 5.97. The van der Waals surface area contributed by atoms with Gasteiger partial charge in [-0.25, -0.2) is 0 Å². The number of benzene rings is 1. The summed E-state index contributed by atoms with van der Waals surface area (Å²) in [6.45, 7) is 7.14. The van der Waals surface area contributed by atoms with Gasteiger partial charge in [0.25, 0.3) is 5.91 Å². The lowest BCUT2D eigenvalue weighted by Gasteiger charge is -2.26. The van der Waals surface area contributed by atoms with E-state index in [2.05, 4.69) is 10.2 Å². The third-order valence-corrected chi connectivity index (χ3v) is 4.43. The number of carbonyl (C=O) groups is 2. The maximum atomic E-state index is 12.3. The van der Waals surface area contributed by atoms with Crippen LogP contribution in [0.4, 0.5) is 5.69 Å². The largest absolute Gasteiger partial charge is 0.379 e. The zero-order chi connectivity index (χ0) is 16.2. The van der Waals surface area contributed by atoms with Crippen molar-refractivity contribution in [2.45, 2.75) is 13.3 Å². The third-order valence-electron chi connectivity index (χ3n) is 4.43. The Balaban J connectivity index is 1.55. The van der Waals surface area contributed by atoms with Crippen LogP contribution >= 0.6 is 0 Å². The molecule has 2 aliphatic heterocycles. The van der Waals surface area contributed by atoms with Gasteiger partial charge in [-0.15, -0.1) is 0 Å². The second-order valence-corrected chi connectivity index (χ2v) is 5.97. The highest BCUT2D eigenvalue weighted by Crippen LogP contribution is 2.28. The van der Waals surface area contributed by atoms with E-state index in [9.17, 15) is 9.59 Å². The standard InChI is InChI=1S/C17H23N3O3/c1-13(21)20-6-4-14-12-15(2-3-16(14)20)17(22)18-5-7-19-8-10-23-11-9-19/h2-3,12H,4-11H2,1H3,(H,18,22). The maximum absolute atomic E-state index is 12.3. The molecule has 0 saturated carbocycles. The fraction of sp³-hybridized carbons (Fsp3) is 0.529. The number of hydrogen-bond acceptors (Lipinski definition) is 4. The normalized spacial score (nSPS) is 17.9. The van der Waals surface area contributed by atoms with Gasteiger partial charge in [0.2, 0.25) is 5.91 Å². The summed E-state index contributed by atoms with van der Waals surface area (Å²) in [5.74, 6) is -0.00574. The smallest absolute Gasteiger partial charge is 0.251 e. The number of fused-ring (bicyclic) bond motifs is 1. The Morgan fingerprint density at radius 3 is 2.74 bits per heavy atom. The minimum atomic E-state index is -0.0534. The van der Waals surface area contributed by atoms with Gasteiger partial charge in [-0.05, 0) is 30.2 Å². The Bertz CT molecular complexity index is 597. The minimum Gasteiger partial charge on any atom is -0.379 e. The predicted octanol–water partition coefficient (Wildman–Crippen LogP) is 0.658. The first-order chi connectivity index (χ1) is 11.1. The molecular weight excluding hydrogens is 294 g/mol. The van der Waals surface area contributed by atoms with Gasteiger partial charge < -0.3 is 15.0 Å². The Morgan fingerprint density at radius 2 is 2.00 bits per heavy atom. The van der Waals surface area contributed by atoms with Gasteiger partial charge in [-0.2, -0.15) is 0 Å². The molecule has 2 heterocycles. The van der Waals surface area contributed by atoms with E-state index >= 15 is 0 Å². The number of hydrogen-bond donors (Lipinski definition) is 1. The lowest BCUT2D eigenvalue weighted by Crippen LogP contribution is -2.41. The van der Waals surface area contributed by atoms with Crippen LogP contribution in [0.15, 0.2) is 18.2 Å². The van der Waals surface area contributed by atoms with Crippen LogP contribution in [-0.2, 0) is 16.0 Å². The van der Waals surface area contributed by atoms with Crippen LogP contribution in [0.25, 0.3) is 0 Å². The van der Waals surface area contributed by atoms with Crippen molar-refractivity contribution in [1.29, 1.82) is 0 Å². The first-order valence-corrected chi connectivity index (χ1v) is 8.14. The Kier molecular flexibility index (Phi) is 4.93. The molecule has 124 valence electrons. The quantitative estimate of drug-likeness (QED) is 0.886. The molecular formula is C17H23N3O3. The van der Waals surface area contributed by atoms with E-state index in [0.717, 1.165) is 50.5 Å². The summed E-state index contributed by atoms with van der Waals surface area (Å²) in [4.78, 5) is 27.9. The predicted molar refractivity (Wildman–Crippen MR) is 87.8 cm³/mol. The van der Waals surface area contributed by atoms with E-state index in [1.165, 1.54) is 0 Å². The van der Waals surface area contributed by atoms with Crippen molar-refractivity contribution in [2.75, 3.05) is 50.8 Å². The molecule has 0 aromatic heterocycles. The molecule has 0 bridgehead atoms. The molecule has 0 aliphatic carbocycles. The molecule has 1 fully saturated rings. The zero-order valence-electron chi connectivity index (χ0n) is 13.5. The van der Waals surface area contributed by atoms with Crippen LogP contribution in [0.2, 0.25) is 0 Å². The van der Waals surface area contributed by atoms with Gasteiger partial charge in [0, 0.05) is 50.9 Å². The fourth-order valence-electron chi connectivity index (χ4n) is 3.12. The second kappa shape index (κ2) is 7.10. The summed E-state index contributed by atoms with van der Waals surface area (Å²) in [7, 11) is 0. The van der Waals surface area contributed by atoms with Crippen molar-refractivity contribution >= 4 is 17.5 Å². The molecule has 1 N–H and O–H groups in total. The van der Waals surface area contributed by atoms with Crippen LogP contribution in [0.5, 0.6) is 0 Å². The molecule has 3 rings (SSSR count). The number of anilines is 1. The van der Waals surface area contributed by atoms with Gasteiger partial charge in [0.1, 0.15) is 0 Å². The number of nitrogens with zero attached hydrogens (tertiary/aromatic N) is 2. The number of amides is 2. The SMILES string of the molecule is CC(=O)N1CCc2cc(C(=O)NCCN3CCOCC3)ccc21. The van der Waals surface area contributed by atoms with Crippen molar-refractivity contribution in [2.24, 2.45) is 0 Å². The van der Waals surface area contributed by atoms with Gasteiger partial charge in [0.15, 0.2) is 0 Å². The average molecular weight is 317 g/mol. The Hall–Kier alpha value is -1.92. The third kappa shape index (κ3) is 3.71. The molecule has 2 aliphatic rings. The summed E-state index contributed by atoms with van der Waals surface area (Å²) in [6.07, 6.45) is 0.809. The Labute approximate surface area is 136 Å². The van der Waals surface area contributed by atoms with E-state index in [-0.39, 0.29) is 11.8 Å². The van der Waals surface area contributed by atoms with Crippen molar-refractivity contribution in [3.05, 3.63) is 29.3 Å². The summed E-state index contributed by atoms with van der Waals surface area (Å²) in [6, 6.07) is 5.58. The van der Waals surface area contributed by atoms with Gasteiger partial charge in [-0.1, -0.05) is 0 Å². The van der Waals surface area contributed by atoms with E-state index in [4.69, 9.17) is 4.74 Å². The van der Waals surface area contributed by atoms with Crippen molar-refractivity contribution in [1.82, 2.24) is 10.2 Å². The number of morpholine rings is 1. The van der Waals surface area contributed by atoms with Crippen LogP contribution in [0.1, 0.15) is 22.8 Å². The van der Waals surface area contributed by atoms with E-state index in [1.807, 2.05) is 12.1 Å². The summed E-state index contributed by atoms with van der Waals surface area (Å²) >= 11 is 0. The topological polar surface area (TPSA) is 61.9 Å². The molecule has 2 amide bonds. The lowest BCUT2D eigenvalue weighted by molar-refractivity contribution is -0.116. The first-order valence-electron chi connectivity index (χ1n) is 8.14. The van der Waals surface area contributed by atoms with Gasteiger partial charge in [-0.3, -0.25) is 14.5 Å². The monoisotopic (exact) mass is 317 g/mol. The van der Waals surface area contributed by atoms with Crippen LogP contribution in [0, 0.1) is 0 Å². The molecule has 6 heteroatoms.